The van der Waals surface area contributed by atoms with Crippen LogP contribution in [-0.2, 0) is 13.1 Å². The molecule has 3 N–H and O–H groups in total. The lowest BCUT2D eigenvalue weighted by Gasteiger charge is -2.20. The highest BCUT2D eigenvalue weighted by Crippen LogP contribution is 2.18. The molecule has 0 bridgehead atoms. The van der Waals surface area contributed by atoms with Gasteiger partial charge in [0.25, 0.3) is 0 Å². The van der Waals surface area contributed by atoms with E-state index in [1.54, 1.807) is 11.3 Å². The number of nitrogens with two attached hydrogens (primary N) is 1. The van der Waals surface area contributed by atoms with Crippen molar-refractivity contribution in [3.05, 3.63) is 57.8 Å². The predicted molar refractivity (Wildman–Crippen MR) is 87.9 cm³/mol. The second-order valence-corrected chi connectivity index (χ2v) is 5.86. The zero-order valence-corrected chi connectivity index (χ0v) is 12.8. The summed E-state index contributed by atoms with van der Waals surface area (Å²) in [4.78, 5) is 4.53. The van der Waals surface area contributed by atoms with Gasteiger partial charge in [-0.1, -0.05) is 42.2 Å². The molecule has 0 fully saturated rings. The molecule has 0 amide bonds. The van der Waals surface area contributed by atoms with Crippen LogP contribution >= 0.6 is 11.3 Å². The fourth-order valence-electron chi connectivity index (χ4n) is 2.09. The van der Waals surface area contributed by atoms with Crippen LogP contribution in [0.3, 0.4) is 0 Å². The third-order valence-corrected chi connectivity index (χ3v) is 4.01. The fraction of sp³-hybridized carbons (Fsp3) is 0.294. The molecule has 110 valence electrons. The molecular formula is C17H20N2OS. The number of aliphatic hydroxyl groups is 1. The molecular weight excluding hydrogens is 280 g/mol. The minimum Gasteiger partial charge on any atom is -0.395 e. The Kier molecular flexibility index (Phi) is 6.45. The predicted octanol–water partition coefficient (Wildman–Crippen LogP) is 2.05. The van der Waals surface area contributed by atoms with Crippen molar-refractivity contribution in [1.82, 2.24) is 4.90 Å². The Morgan fingerprint density at radius 3 is 2.62 bits per heavy atom. The molecule has 4 heteroatoms. The maximum atomic E-state index is 9.24. The van der Waals surface area contributed by atoms with Gasteiger partial charge in [-0.05, 0) is 17.7 Å². The summed E-state index contributed by atoms with van der Waals surface area (Å²) in [6.07, 6.45) is 0. The lowest BCUT2D eigenvalue weighted by atomic mass is 10.2. The molecule has 2 rings (SSSR count). The third-order valence-electron chi connectivity index (χ3n) is 3.02. The van der Waals surface area contributed by atoms with Crippen LogP contribution in [0.5, 0.6) is 0 Å². The first-order chi connectivity index (χ1) is 10.3. The monoisotopic (exact) mass is 300 g/mol. The van der Waals surface area contributed by atoms with Crippen molar-refractivity contribution in [2.75, 3.05) is 19.7 Å². The van der Waals surface area contributed by atoms with Gasteiger partial charge in [0.1, 0.15) is 0 Å². The summed E-state index contributed by atoms with van der Waals surface area (Å²) in [6.45, 7) is 2.88. The summed E-state index contributed by atoms with van der Waals surface area (Å²) in [6, 6.07) is 14.4. The van der Waals surface area contributed by atoms with Crippen LogP contribution in [0.25, 0.3) is 0 Å². The molecule has 2 aromatic rings. The Hall–Kier alpha value is -1.64. The third kappa shape index (κ3) is 5.33. The van der Waals surface area contributed by atoms with Crippen molar-refractivity contribution < 1.29 is 5.11 Å². The minimum absolute atomic E-state index is 0.165. The topological polar surface area (TPSA) is 49.5 Å². The van der Waals surface area contributed by atoms with Crippen LogP contribution in [0.2, 0.25) is 0 Å². The summed E-state index contributed by atoms with van der Waals surface area (Å²) in [5, 5.41) is 9.24. The van der Waals surface area contributed by atoms with E-state index in [4.69, 9.17) is 5.73 Å². The first kappa shape index (κ1) is 15.7. The van der Waals surface area contributed by atoms with Gasteiger partial charge in [0, 0.05) is 24.5 Å². The van der Waals surface area contributed by atoms with Gasteiger partial charge in [-0.25, -0.2) is 0 Å². The lowest BCUT2D eigenvalue weighted by molar-refractivity contribution is 0.185. The van der Waals surface area contributed by atoms with Crippen LogP contribution in [0.1, 0.15) is 15.3 Å². The summed E-state index contributed by atoms with van der Waals surface area (Å²) in [7, 11) is 0. The van der Waals surface area contributed by atoms with Gasteiger partial charge in [-0.3, -0.25) is 4.90 Å². The van der Waals surface area contributed by atoms with E-state index in [0.29, 0.717) is 13.1 Å². The molecule has 1 aromatic heterocycles. The Labute approximate surface area is 130 Å². The molecule has 1 aromatic carbocycles. The molecule has 0 aliphatic carbocycles. The SMILES string of the molecule is NCC#Cc1ccc(CN(CCO)Cc2ccccc2)s1. The zero-order chi connectivity index (χ0) is 14.9. The van der Waals surface area contributed by atoms with Crippen molar-refractivity contribution >= 4 is 11.3 Å². The number of rotatable bonds is 6. The molecule has 0 spiro atoms. The van der Waals surface area contributed by atoms with Crippen molar-refractivity contribution in [2.45, 2.75) is 13.1 Å². The van der Waals surface area contributed by atoms with E-state index in [1.165, 1.54) is 10.4 Å². The number of benzene rings is 1. The lowest BCUT2D eigenvalue weighted by Crippen LogP contribution is -2.25. The van der Waals surface area contributed by atoms with E-state index >= 15 is 0 Å². The number of nitrogens with zero attached hydrogens (tertiary/aromatic N) is 1. The smallest absolute Gasteiger partial charge is 0.0772 e. The number of hydrogen-bond donors (Lipinski definition) is 2. The van der Waals surface area contributed by atoms with Crippen molar-refractivity contribution in [3.63, 3.8) is 0 Å². The highest BCUT2D eigenvalue weighted by Gasteiger charge is 2.08. The van der Waals surface area contributed by atoms with Gasteiger partial charge in [0.2, 0.25) is 0 Å². The van der Waals surface area contributed by atoms with Gasteiger partial charge in [-0.2, -0.15) is 0 Å². The molecule has 0 unspecified atom stereocenters. The molecule has 0 saturated heterocycles. The van der Waals surface area contributed by atoms with Gasteiger partial charge in [0.15, 0.2) is 0 Å². The maximum Gasteiger partial charge on any atom is 0.0772 e. The van der Waals surface area contributed by atoms with Gasteiger partial charge >= 0.3 is 0 Å². The zero-order valence-electron chi connectivity index (χ0n) is 12.0. The van der Waals surface area contributed by atoms with Gasteiger partial charge in [0.05, 0.1) is 18.0 Å². The highest BCUT2D eigenvalue weighted by atomic mass is 32.1. The van der Waals surface area contributed by atoms with E-state index in [9.17, 15) is 5.11 Å². The van der Waals surface area contributed by atoms with E-state index in [-0.39, 0.29) is 6.61 Å². The molecule has 0 saturated carbocycles. The average molecular weight is 300 g/mol. The Morgan fingerprint density at radius 2 is 1.90 bits per heavy atom. The summed E-state index contributed by atoms with van der Waals surface area (Å²) < 4.78 is 0. The normalized spacial score (nSPS) is 10.4. The number of thiophene rings is 1. The first-order valence-electron chi connectivity index (χ1n) is 6.96. The summed E-state index contributed by atoms with van der Waals surface area (Å²) >= 11 is 1.69. The molecule has 0 aliphatic heterocycles. The quantitative estimate of drug-likeness (QED) is 0.803. The summed E-state index contributed by atoms with van der Waals surface area (Å²) in [5.74, 6) is 5.93. The second kappa shape index (κ2) is 8.60. The molecule has 0 aliphatic rings. The number of aliphatic hydroxyl groups excluding tert-OH is 1. The Bertz CT molecular complexity index is 598. The van der Waals surface area contributed by atoms with Gasteiger partial charge < -0.3 is 10.8 Å². The van der Waals surface area contributed by atoms with Crippen molar-refractivity contribution in [1.29, 1.82) is 0 Å². The van der Waals surface area contributed by atoms with Crippen LogP contribution in [0.15, 0.2) is 42.5 Å². The van der Waals surface area contributed by atoms with Crippen LogP contribution in [-0.4, -0.2) is 29.7 Å². The van der Waals surface area contributed by atoms with Crippen molar-refractivity contribution in [2.24, 2.45) is 5.73 Å². The van der Waals surface area contributed by atoms with Crippen LogP contribution in [0, 0.1) is 11.8 Å². The molecule has 1 heterocycles. The largest absolute Gasteiger partial charge is 0.395 e. The summed E-state index contributed by atoms with van der Waals surface area (Å²) in [5.41, 5.74) is 6.64. The average Bonchev–Trinajstić information content (AvgIpc) is 2.94. The Balaban J connectivity index is 2.00. The number of hydrogen-bond acceptors (Lipinski definition) is 4. The maximum absolute atomic E-state index is 9.24. The Morgan fingerprint density at radius 1 is 1.10 bits per heavy atom. The highest BCUT2D eigenvalue weighted by molar-refractivity contribution is 7.12. The molecule has 3 nitrogen and oxygen atoms in total. The second-order valence-electron chi connectivity index (χ2n) is 4.69. The van der Waals surface area contributed by atoms with E-state index in [1.807, 2.05) is 24.3 Å². The van der Waals surface area contributed by atoms with E-state index in [2.05, 4.69) is 34.9 Å². The van der Waals surface area contributed by atoms with E-state index < -0.39 is 0 Å². The van der Waals surface area contributed by atoms with Crippen LogP contribution < -0.4 is 5.73 Å². The van der Waals surface area contributed by atoms with Crippen LogP contribution in [0.4, 0.5) is 0 Å². The molecule has 0 radical (unpaired) electrons. The molecule has 0 atom stereocenters. The van der Waals surface area contributed by atoms with Crippen molar-refractivity contribution in [3.8, 4) is 11.8 Å². The minimum atomic E-state index is 0.165. The standard InChI is InChI=1S/C17H20N2OS/c18-10-4-7-16-8-9-17(21-16)14-19(11-12-20)13-15-5-2-1-3-6-15/h1-3,5-6,8-9,20H,10-14,18H2. The van der Waals surface area contributed by atoms with Gasteiger partial charge in [-0.15, -0.1) is 11.3 Å². The van der Waals surface area contributed by atoms with E-state index in [0.717, 1.165) is 18.0 Å². The fourth-order valence-corrected chi connectivity index (χ4v) is 3.01. The molecule has 21 heavy (non-hydrogen) atoms. The first-order valence-corrected chi connectivity index (χ1v) is 7.78.